The Morgan fingerprint density at radius 3 is 0.663 bits per heavy atom. The van der Waals surface area contributed by atoms with Crippen molar-refractivity contribution in [3.05, 3.63) is 358 Å². The lowest BCUT2D eigenvalue weighted by molar-refractivity contribution is 0.370. The van der Waals surface area contributed by atoms with Gasteiger partial charge in [-0.15, -0.1) is 0 Å². The molecule has 8 bridgehead atoms. The number of H-pyrrole nitrogens is 4. The highest BCUT2D eigenvalue weighted by Crippen LogP contribution is 2.56. The molecule has 0 aliphatic carbocycles. The zero-order valence-corrected chi connectivity index (χ0v) is 59.1. The van der Waals surface area contributed by atoms with Gasteiger partial charge in [0.2, 0.25) is 11.5 Å². The first-order chi connectivity index (χ1) is 50.5. The molecule has 0 saturated carbocycles. The number of hydrogen-bond donors (Lipinski definition) is 4. The van der Waals surface area contributed by atoms with Crippen molar-refractivity contribution < 1.29 is 18.9 Å². The normalized spacial score (nSPS) is 12.5. The summed E-state index contributed by atoms with van der Waals surface area (Å²) < 4.78 is 30.7. The molecule has 17 rings (SSSR count). The predicted molar refractivity (Wildman–Crippen MR) is 417 cm³/mol. The van der Waals surface area contributed by atoms with E-state index < -0.39 is 0 Å². The molecule has 4 N–H and O–H groups in total. The molecule has 0 atom stereocenters. The van der Waals surface area contributed by atoms with Crippen LogP contribution in [-0.2, 0) is 21.7 Å². The summed E-state index contributed by atoms with van der Waals surface area (Å²) in [4.78, 5) is 37.1. The molecule has 5 heterocycles. The summed E-state index contributed by atoms with van der Waals surface area (Å²) in [7, 11) is 0. The van der Waals surface area contributed by atoms with Gasteiger partial charge in [0.25, 0.3) is 0 Å². The Bertz CT molecular complexity index is 5800. The maximum atomic E-state index is 7.69. The Labute approximate surface area is 602 Å². The average Bonchev–Trinajstić information content (AvgIpc) is 1.50. The molecule has 16 aromatic rings. The van der Waals surface area contributed by atoms with Gasteiger partial charge in [0.15, 0.2) is 11.5 Å². The van der Waals surface area contributed by atoms with Crippen LogP contribution in [0.5, 0.6) is 46.0 Å². The van der Waals surface area contributed by atoms with Gasteiger partial charge >= 0.3 is 0 Å². The van der Waals surface area contributed by atoms with E-state index in [1.165, 1.54) is 22.3 Å². The van der Waals surface area contributed by atoms with E-state index in [9.17, 15) is 0 Å². The van der Waals surface area contributed by atoms with Gasteiger partial charge in [-0.25, -0.2) is 20.0 Å². The molecule has 0 fully saturated rings. The summed E-state index contributed by atoms with van der Waals surface area (Å²) in [5.41, 5.74) is 9.64. The van der Waals surface area contributed by atoms with Gasteiger partial charge in [-0.1, -0.05) is 298 Å². The number of nitrogens with zero attached hydrogens (tertiary/aromatic N) is 4. The largest absolute Gasteiger partial charge is 0.452 e. The lowest BCUT2D eigenvalue weighted by atomic mass is 9.78. The Kier molecular flexibility index (Phi) is 15.9. The van der Waals surface area contributed by atoms with E-state index >= 15 is 0 Å². The molecule has 104 heavy (non-hydrogen) atoms. The first-order valence-electron chi connectivity index (χ1n) is 35.3. The maximum Gasteiger partial charge on any atom is 0.217 e. The highest BCUT2D eigenvalue weighted by atomic mass is 16.6. The monoisotopic (exact) mass is 1360 g/mol. The molecule has 0 spiro atoms. The minimum atomic E-state index is -0.359. The Hall–Kier alpha value is -12.8. The van der Waals surface area contributed by atoms with Crippen molar-refractivity contribution in [1.29, 1.82) is 0 Å². The summed E-state index contributed by atoms with van der Waals surface area (Å²) in [6.45, 7) is 17.9. The predicted octanol–water partition coefficient (Wildman–Crippen LogP) is 22.2. The Morgan fingerprint density at radius 1 is 0.202 bits per heavy atom. The maximum absolute atomic E-state index is 7.69. The average molecular weight is 1360 g/mol. The van der Waals surface area contributed by atoms with E-state index in [1.807, 2.05) is 109 Å². The summed E-state index contributed by atoms with van der Waals surface area (Å²) in [6, 6.07) is 99.8. The Morgan fingerprint density at radius 2 is 0.404 bits per heavy atom. The van der Waals surface area contributed by atoms with Crippen LogP contribution in [0.2, 0.25) is 0 Å². The highest BCUT2D eigenvalue weighted by Gasteiger charge is 2.34. The summed E-state index contributed by atoms with van der Waals surface area (Å²) in [5, 5.41) is 6.09. The highest BCUT2D eigenvalue weighted by molar-refractivity contribution is 6.03. The van der Waals surface area contributed by atoms with Gasteiger partial charge in [0.1, 0.15) is 68.2 Å². The number of benzene rings is 12. The fraction of sp³-hybridized carbons (Fsp3) is 0.130. The zero-order valence-electron chi connectivity index (χ0n) is 59.1. The number of nitrogens with one attached hydrogen (secondary N) is 4. The molecule has 1 aliphatic heterocycles. The fourth-order valence-electron chi connectivity index (χ4n) is 14.6. The van der Waals surface area contributed by atoms with Crippen LogP contribution in [0.1, 0.15) is 99.9 Å². The number of ether oxygens (including phenoxy) is 4. The van der Waals surface area contributed by atoms with Crippen molar-refractivity contribution in [2.75, 3.05) is 0 Å². The minimum absolute atomic E-state index is 0.201. The standard InChI is InChI=1S/C92H76N8O4/c1-89(2,57-27-13-9-14-28-57)61-41-49-65(50-42-61)101-77-75-76(88-99-86-74-40-26-24-38-72(74)84(97-86)95-82-70-36-22-21-35-69(70)81(93-82)94-83-71-37-23-25-39-73(71)85(96-83)98-87(75)100-88)78(102-66-51-43-62(44-52-66)90(3,4)58-29-15-10-16-30-58)80(104-68-55-47-64(48-56-68)92(7,8)60-33-19-12-20-34-60)79(77)103-67-53-45-63(46-54-67)91(5,6)59-31-17-11-18-32-59/h9-56H,1-8H3,(H4,93,94,95,96,97,98,99,100). The van der Waals surface area contributed by atoms with Crippen LogP contribution < -0.4 is 40.9 Å². The van der Waals surface area contributed by atoms with Gasteiger partial charge < -0.3 is 38.9 Å². The van der Waals surface area contributed by atoms with E-state index in [1.54, 1.807) is 0 Å². The van der Waals surface area contributed by atoms with E-state index in [2.05, 4.69) is 257 Å². The van der Waals surface area contributed by atoms with Crippen LogP contribution in [0.15, 0.2) is 311 Å². The first kappa shape index (κ1) is 64.6. The fourth-order valence-corrected chi connectivity index (χ4v) is 14.6. The third-order valence-electron chi connectivity index (χ3n) is 21.1. The summed E-state index contributed by atoms with van der Waals surface area (Å²) in [6.07, 6.45) is 0. The van der Waals surface area contributed by atoms with E-state index in [0.717, 1.165) is 54.6 Å². The minimum Gasteiger partial charge on any atom is -0.452 e. The molecule has 0 unspecified atom stereocenters. The van der Waals surface area contributed by atoms with Crippen molar-refractivity contribution >= 4 is 66.4 Å². The third-order valence-corrected chi connectivity index (χ3v) is 21.1. The van der Waals surface area contributed by atoms with Crippen LogP contribution in [0, 0.1) is 0 Å². The molecule has 12 nitrogen and oxygen atoms in total. The number of rotatable bonds is 16. The number of hydrogen-bond acceptors (Lipinski definition) is 8. The molecule has 1 aliphatic rings. The SMILES string of the molecule is CC(C)(c1ccccc1)c1ccc(Oc2c(Oc3ccc(C(C)(C)c4ccccc4)cc3)c(Oc3ccc(C(C)(C)c4ccccc4)cc3)c3c4[nH]c(c3c2Oc2ccc(C(C)(C)c3ccccc3)cc2)=Nc2[nH]c(c3ccccc23)N=c2[nH]c(c3ccccc23)=Nc2[nH]c(c3ccccc23)N=4)cc1. The van der Waals surface area contributed by atoms with Crippen molar-refractivity contribution in [2.45, 2.75) is 77.0 Å². The van der Waals surface area contributed by atoms with Gasteiger partial charge in [-0.3, -0.25) is 0 Å². The van der Waals surface area contributed by atoms with E-state index in [-0.39, 0.29) is 44.7 Å². The summed E-state index contributed by atoms with van der Waals surface area (Å²) >= 11 is 0. The van der Waals surface area contributed by atoms with Crippen molar-refractivity contribution in [2.24, 2.45) is 20.0 Å². The van der Waals surface area contributed by atoms with Crippen molar-refractivity contribution in [3.63, 3.8) is 0 Å². The molecule has 0 amide bonds. The third kappa shape index (κ3) is 11.6. The van der Waals surface area contributed by atoms with Gasteiger partial charge in [0, 0.05) is 54.0 Å². The van der Waals surface area contributed by atoms with Crippen LogP contribution >= 0.6 is 0 Å². The molecule has 4 aromatic heterocycles. The topological polar surface area (TPSA) is 150 Å². The van der Waals surface area contributed by atoms with Crippen molar-refractivity contribution in [3.8, 4) is 46.0 Å². The molecule has 0 saturated heterocycles. The van der Waals surface area contributed by atoms with Crippen LogP contribution in [-0.4, -0.2) is 19.9 Å². The lowest BCUT2D eigenvalue weighted by Crippen LogP contribution is -2.18. The van der Waals surface area contributed by atoms with Gasteiger partial charge in [0.05, 0.1) is 10.8 Å². The second kappa shape index (κ2) is 25.7. The van der Waals surface area contributed by atoms with Crippen LogP contribution in [0.3, 0.4) is 0 Å². The summed E-state index contributed by atoms with van der Waals surface area (Å²) in [5.74, 6) is 5.19. The number of aromatic amines is 4. The van der Waals surface area contributed by atoms with Crippen LogP contribution in [0.4, 0.5) is 23.3 Å². The smallest absolute Gasteiger partial charge is 0.217 e. The quantitative estimate of drug-likeness (QED) is 0.0762. The van der Waals surface area contributed by atoms with Gasteiger partial charge in [-0.2, -0.15) is 0 Å². The molecule has 12 aromatic carbocycles. The molecular formula is C92H76N8O4. The zero-order chi connectivity index (χ0) is 70.9. The van der Waals surface area contributed by atoms with E-state index in [4.69, 9.17) is 38.9 Å². The second-order valence-corrected chi connectivity index (χ2v) is 28.9. The Balaban J connectivity index is 0.988. The molecule has 508 valence electrons. The van der Waals surface area contributed by atoms with E-state index in [0.29, 0.717) is 79.0 Å². The van der Waals surface area contributed by atoms with Crippen LogP contribution in [0.25, 0.3) is 43.1 Å². The number of aromatic nitrogens is 4. The lowest BCUT2D eigenvalue weighted by Gasteiger charge is -2.27. The molecule has 12 heteroatoms. The van der Waals surface area contributed by atoms with Gasteiger partial charge in [-0.05, 0) is 93.0 Å². The first-order valence-corrected chi connectivity index (χ1v) is 35.3. The second-order valence-electron chi connectivity index (χ2n) is 28.9. The number of fused-ring (bicyclic) bond motifs is 20. The van der Waals surface area contributed by atoms with Crippen molar-refractivity contribution in [1.82, 2.24) is 19.9 Å². The molecular weight excluding hydrogens is 1280 g/mol. The molecule has 0 radical (unpaired) electrons.